The van der Waals surface area contributed by atoms with Crippen molar-refractivity contribution >= 4 is 6.21 Å². The lowest BCUT2D eigenvalue weighted by Crippen LogP contribution is -2.19. The lowest BCUT2D eigenvalue weighted by atomic mass is 9.72. The van der Waals surface area contributed by atoms with Crippen molar-refractivity contribution in [2.24, 2.45) is 10.6 Å². The summed E-state index contributed by atoms with van der Waals surface area (Å²) in [6, 6.07) is 0. The predicted octanol–water partition coefficient (Wildman–Crippen LogP) is 6.54. The fraction of sp³-hybridized carbons (Fsp3) is 0.500. The van der Waals surface area contributed by atoms with E-state index in [1.807, 2.05) is 19.9 Å². The van der Waals surface area contributed by atoms with Gasteiger partial charge in [0.25, 0.3) is 0 Å². The number of rotatable bonds is 7. The molecular weight excluding hydrogens is 294 g/mol. The second-order valence-corrected chi connectivity index (χ2v) is 7.12. The first-order valence-corrected chi connectivity index (χ1v) is 8.92. The van der Waals surface area contributed by atoms with Gasteiger partial charge in [-0.25, -0.2) is 0 Å². The molecule has 0 aromatic rings. The van der Waals surface area contributed by atoms with Gasteiger partial charge in [0.1, 0.15) is 6.61 Å². The average molecular weight is 328 g/mol. The highest BCUT2D eigenvalue weighted by Crippen LogP contribution is 2.40. The van der Waals surface area contributed by atoms with Crippen LogP contribution in [0.4, 0.5) is 0 Å². The van der Waals surface area contributed by atoms with Gasteiger partial charge in [-0.1, -0.05) is 60.5 Å². The number of allylic oxidation sites excluding steroid dienone is 10. The third-order valence-corrected chi connectivity index (χ3v) is 4.38. The molecule has 0 saturated heterocycles. The topological polar surface area (TPSA) is 21.6 Å². The summed E-state index contributed by atoms with van der Waals surface area (Å²) in [5.74, 6) is 0. The molecule has 0 saturated carbocycles. The van der Waals surface area contributed by atoms with Crippen LogP contribution in [0.3, 0.4) is 0 Å². The van der Waals surface area contributed by atoms with E-state index in [4.69, 9.17) is 4.84 Å². The van der Waals surface area contributed by atoms with Crippen molar-refractivity contribution in [1.82, 2.24) is 0 Å². The van der Waals surface area contributed by atoms with Gasteiger partial charge in [0.05, 0.1) is 6.21 Å². The Labute approximate surface area is 148 Å². The molecular formula is C22H33NO. The van der Waals surface area contributed by atoms with Crippen LogP contribution in [0.25, 0.3) is 0 Å². The molecule has 0 N–H and O–H groups in total. The third-order valence-electron chi connectivity index (χ3n) is 4.38. The quantitative estimate of drug-likeness (QED) is 0.295. The van der Waals surface area contributed by atoms with E-state index < -0.39 is 0 Å². The zero-order valence-electron chi connectivity index (χ0n) is 16.2. The molecule has 0 aromatic heterocycles. The number of nitrogens with zero attached hydrogens (tertiary/aromatic N) is 1. The van der Waals surface area contributed by atoms with E-state index in [1.54, 1.807) is 11.8 Å². The molecule has 0 atom stereocenters. The molecule has 1 aliphatic rings. The summed E-state index contributed by atoms with van der Waals surface area (Å²) >= 11 is 0. The van der Waals surface area contributed by atoms with E-state index in [0.717, 1.165) is 5.57 Å². The second-order valence-electron chi connectivity index (χ2n) is 7.12. The van der Waals surface area contributed by atoms with Crippen molar-refractivity contribution in [3.8, 4) is 0 Å². The standard InChI is InChI=1S/C22H33NO/c1-7-24-23-17-15-19(3)11-8-10-18(2)13-14-21-20(4)12-9-16-22(21,5)6/h8,10-11,13-15,17H,7,9,12,16H2,1-6H3/b11-8+,14-13+,18-10+,19-15+,23-17?. The van der Waals surface area contributed by atoms with E-state index in [2.05, 4.69) is 63.2 Å². The van der Waals surface area contributed by atoms with Crippen molar-refractivity contribution in [2.45, 2.75) is 60.8 Å². The summed E-state index contributed by atoms with van der Waals surface area (Å²) in [6.07, 6.45) is 18.3. The van der Waals surface area contributed by atoms with Gasteiger partial charge in [-0.15, -0.1) is 0 Å². The Morgan fingerprint density at radius 3 is 2.54 bits per heavy atom. The highest BCUT2D eigenvalue weighted by Gasteiger charge is 2.26. The maximum Gasteiger partial charge on any atom is 0.114 e. The van der Waals surface area contributed by atoms with Crippen LogP contribution in [0.5, 0.6) is 0 Å². The molecule has 0 fully saturated rings. The first-order chi connectivity index (χ1) is 11.4. The van der Waals surface area contributed by atoms with Crippen LogP contribution in [0.2, 0.25) is 0 Å². The average Bonchev–Trinajstić information content (AvgIpc) is 2.50. The SMILES string of the molecule is CCON=C/C=C(C)/C=C/C=C(C)/C=C/C1=C(C)CCCC1(C)C. The molecule has 0 bridgehead atoms. The molecule has 0 unspecified atom stereocenters. The first-order valence-electron chi connectivity index (χ1n) is 8.92. The van der Waals surface area contributed by atoms with Crippen LogP contribution in [0.1, 0.15) is 60.8 Å². The summed E-state index contributed by atoms with van der Waals surface area (Å²) in [4.78, 5) is 4.92. The first kappa shape index (κ1) is 20.2. The maximum atomic E-state index is 4.92. The van der Waals surface area contributed by atoms with E-state index in [-0.39, 0.29) is 0 Å². The molecule has 1 aliphatic carbocycles. The lowest BCUT2D eigenvalue weighted by Gasteiger charge is -2.32. The van der Waals surface area contributed by atoms with E-state index in [9.17, 15) is 0 Å². The zero-order valence-corrected chi connectivity index (χ0v) is 16.2. The Bertz CT molecular complexity index is 583. The van der Waals surface area contributed by atoms with Gasteiger partial charge in [-0.3, -0.25) is 0 Å². The highest BCUT2D eigenvalue weighted by atomic mass is 16.6. The van der Waals surface area contributed by atoms with Crippen LogP contribution in [0.15, 0.2) is 63.9 Å². The minimum absolute atomic E-state index is 0.300. The summed E-state index contributed by atoms with van der Waals surface area (Å²) in [5.41, 5.74) is 5.74. The Morgan fingerprint density at radius 1 is 1.17 bits per heavy atom. The van der Waals surface area contributed by atoms with Crippen molar-refractivity contribution in [1.29, 1.82) is 0 Å². The summed E-state index contributed by atoms with van der Waals surface area (Å²) in [7, 11) is 0. The molecule has 24 heavy (non-hydrogen) atoms. The van der Waals surface area contributed by atoms with E-state index in [0.29, 0.717) is 12.0 Å². The molecule has 0 amide bonds. The number of oxime groups is 1. The Morgan fingerprint density at radius 2 is 1.88 bits per heavy atom. The fourth-order valence-corrected chi connectivity index (χ4v) is 2.95. The van der Waals surface area contributed by atoms with Gasteiger partial charge < -0.3 is 4.84 Å². The maximum absolute atomic E-state index is 4.92. The van der Waals surface area contributed by atoms with Gasteiger partial charge in [0, 0.05) is 0 Å². The third kappa shape index (κ3) is 7.16. The highest BCUT2D eigenvalue weighted by molar-refractivity contribution is 5.72. The van der Waals surface area contributed by atoms with Gasteiger partial charge in [-0.05, 0) is 69.6 Å². The Balaban J connectivity index is 2.68. The van der Waals surface area contributed by atoms with Crippen LogP contribution in [-0.2, 0) is 4.84 Å². The van der Waals surface area contributed by atoms with Gasteiger partial charge in [0.2, 0.25) is 0 Å². The minimum Gasteiger partial charge on any atom is -0.396 e. The monoisotopic (exact) mass is 327 g/mol. The largest absolute Gasteiger partial charge is 0.396 e. The molecule has 0 radical (unpaired) electrons. The molecule has 0 spiro atoms. The van der Waals surface area contributed by atoms with Crippen molar-refractivity contribution in [2.75, 3.05) is 6.61 Å². The van der Waals surface area contributed by atoms with Gasteiger partial charge in [-0.2, -0.15) is 0 Å². The van der Waals surface area contributed by atoms with Gasteiger partial charge >= 0.3 is 0 Å². The Hall–Kier alpha value is -1.83. The molecule has 2 nitrogen and oxygen atoms in total. The molecule has 1 rings (SSSR count). The van der Waals surface area contributed by atoms with Crippen LogP contribution in [-0.4, -0.2) is 12.8 Å². The molecule has 0 heterocycles. The van der Waals surface area contributed by atoms with E-state index in [1.165, 1.54) is 30.4 Å². The van der Waals surface area contributed by atoms with Crippen LogP contribution in [0, 0.1) is 5.41 Å². The number of hydrogen-bond acceptors (Lipinski definition) is 2. The molecule has 132 valence electrons. The predicted molar refractivity (Wildman–Crippen MR) is 106 cm³/mol. The lowest BCUT2D eigenvalue weighted by molar-refractivity contribution is 0.160. The Kier molecular flexibility index (Phi) is 8.53. The zero-order chi connectivity index (χ0) is 18.0. The smallest absolute Gasteiger partial charge is 0.114 e. The van der Waals surface area contributed by atoms with Crippen molar-refractivity contribution in [3.63, 3.8) is 0 Å². The van der Waals surface area contributed by atoms with Crippen molar-refractivity contribution in [3.05, 3.63) is 58.7 Å². The minimum atomic E-state index is 0.300. The second kappa shape index (κ2) is 10.1. The van der Waals surface area contributed by atoms with Crippen molar-refractivity contribution < 1.29 is 4.84 Å². The van der Waals surface area contributed by atoms with E-state index >= 15 is 0 Å². The summed E-state index contributed by atoms with van der Waals surface area (Å²) < 4.78 is 0. The summed E-state index contributed by atoms with van der Waals surface area (Å²) in [5, 5.41) is 3.81. The normalized spacial score (nSPS) is 19.9. The summed E-state index contributed by atoms with van der Waals surface area (Å²) in [6.45, 7) is 13.7. The van der Waals surface area contributed by atoms with Gasteiger partial charge in [0.15, 0.2) is 0 Å². The molecule has 2 heteroatoms. The van der Waals surface area contributed by atoms with Crippen LogP contribution >= 0.6 is 0 Å². The molecule has 0 aliphatic heterocycles. The van der Waals surface area contributed by atoms with Crippen LogP contribution < -0.4 is 0 Å². The molecule has 0 aromatic carbocycles. The number of hydrogen-bond donors (Lipinski definition) is 0. The fourth-order valence-electron chi connectivity index (χ4n) is 2.95.